The normalized spacial score (nSPS) is 20.7. The van der Waals surface area contributed by atoms with Crippen LogP contribution in [0.3, 0.4) is 0 Å². The van der Waals surface area contributed by atoms with Crippen LogP contribution in [0.25, 0.3) is 11.3 Å². The molecule has 36 heavy (non-hydrogen) atoms. The number of hydrogen-bond donors (Lipinski definition) is 4. The number of aryl methyl sites for hydroxylation is 1. The van der Waals surface area contributed by atoms with Crippen LogP contribution < -0.4 is 16.8 Å². The quantitative estimate of drug-likeness (QED) is 0.410. The van der Waals surface area contributed by atoms with Crippen LogP contribution in [-0.4, -0.2) is 39.8 Å². The maximum Gasteiger partial charge on any atom is 0.254 e. The number of hydrogen-bond acceptors (Lipinski definition) is 6. The lowest BCUT2D eigenvalue weighted by Gasteiger charge is -2.28. The summed E-state index contributed by atoms with van der Waals surface area (Å²) in [5.74, 6) is -2.16. The molecule has 6 N–H and O–H groups in total. The largest absolute Gasteiger partial charge is 0.390 e. The van der Waals surface area contributed by atoms with Crippen molar-refractivity contribution in [2.24, 2.45) is 5.73 Å². The van der Waals surface area contributed by atoms with Crippen molar-refractivity contribution in [1.29, 1.82) is 0 Å². The molecule has 7 nitrogen and oxygen atoms in total. The van der Waals surface area contributed by atoms with Crippen LogP contribution in [0, 0.1) is 18.6 Å². The Labute approximate surface area is 206 Å². The lowest BCUT2D eigenvalue weighted by Crippen LogP contribution is -2.34. The van der Waals surface area contributed by atoms with Crippen molar-refractivity contribution in [3.63, 3.8) is 0 Å². The number of anilines is 1. The molecule has 0 unspecified atom stereocenters. The smallest absolute Gasteiger partial charge is 0.254 e. The number of nitrogens with zero attached hydrogens (tertiary/aromatic N) is 2. The van der Waals surface area contributed by atoms with Crippen molar-refractivity contribution in [1.82, 2.24) is 15.3 Å². The van der Waals surface area contributed by atoms with E-state index >= 15 is 4.39 Å². The van der Waals surface area contributed by atoms with Gasteiger partial charge in [-0.25, -0.2) is 23.1 Å². The topological polar surface area (TPSA) is 127 Å². The van der Waals surface area contributed by atoms with Gasteiger partial charge in [-0.1, -0.05) is 12.1 Å². The number of nitrogens with two attached hydrogens (primary N) is 2. The van der Waals surface area contributed by atoms with Gasteiger partial charge in [0.2, 0.25) is 0 Å². The molecule has 0 spiro atoms. The number of halogens is 3. The molecule has 0 radical (unpaired) electrons. The van der Waals surface area contributed by atoms with Gasteiger partial charge < -0.3 is 21.9 Å². The van der Waals surface area contributed by atoms with E-state index < -0.39 is 35.9 Å². The monoisotopic (exact) mass is 499 g/mol. The number of carbonyl (C=O) groups excluding carboxylic acids is 1. The number of amides is 1. The van der Waals surface area contributed by atoms with Gasteiger partial charge in [0.05, 0.1) is 29.6 Å². The number of nitrogen functional groups attached to an aromatic ring is 1. The Bertz CT molecular complexity index is 1250. The SMILES string of the molecule is Cc1cc(F)cc([C@@H](CN)NC(=O)c2ccc(-c3nc([C@@H]4CC[C@@H](O)[C@H](F)C4)cnc3N)cc2F)c1. The van der Waals surface area contributed by atoms with Crippen LogP contribution >= 0.6 is 0 Å². The van der Waals surface area contributed by atoms with E-state index in [4.69, 9.17) is 11.5 Å². The lowest BCUT2D eigenvalue weighted by atomic mass is 9.84. The Kier molecular flexibility index (Phi) is 7.56. The molecule has 190 valence electrons. The molecular weight excluding hydrogens is 471 g/mol. The summed E-state index contributed by atoms with van der Waals surface area (Å²) in [6.45, 7) is 1.71. The summed E-state index contributed by atoms with van der Waals surface area (Å²) in [4.78, 5) is 21.4. The van der Waals surface area contributed by atoms with Gasteiger partial charge in [-0.2, -0.15) is 0 Å². The van der Waals surface area contributed by atoms with Crippen LogP contribution in [0.15, 0.2) is 42.6 Å². The van der Waals surface area contributed by atoms with Gasteiger partial charge in [-0.3, -0.25) is 4.79 Å². The van der Waals surface area contributed by atoms with Crippen molar-refractivity contribution in [2.45, 2.75) is 50.4 Å². The molecular formula is C26H28F3N5O2. The maximum atomic E-state index is 15.0. The Hall–Kier alpha value is -3.50. The summed E-state index contributed by atoms with van der Waals surface area (Å²) in [7, 11) is 0. The average Bonchev–Trinajstić information content (AvgIpc) is 2.83. The minimum Gasteiger partial charge on any atom is -0.390 e. The lowest BCUT2D eigenvalue weighted by molar-refractivity contribution is 0.0363. The van der Waals surface area contributed by atoms with Crippen LogP contribution in [-0.2, 0) is 0 Å². The highest BCUT2D eigenvalue weighted by Gasteiger charge is 2.31. The number of aromatic nitrogens is 2. The maximum absolute atomic E-state index is 15.0. The van der Waals surface area contributed by atoms with Crippen LogP contribution in [0.1, 0.15) is 58.4 Å². The third kappa shape index (κ3) is 5.50. The molecule has 1 fully saturated rings. The van der Waals surface area contributed by atoms with Gasteiger partial charge >= 0.3 is 0 Å². The predicted octanol–water partition coefficient (Wildman–Crippen LogP) is 3.71. The van der Waals surface area contributed by atoms with Gasteiger partial charge in [-0.15, -0.1) is 0 Å². The minimum atomic E-state index is -1.35. The first kappa shape index (κ1) is 25.6. The van der Waals surface area contributed by atoms with E-state index in [1.165, 1.54) is 30.5 Å². The van der Waals surface area contributed by atoms with Gasteiger partial charge in [0.15, 0.2) is 0 Å². The molecule has 1 aliphatic carbocycles. The third-order valence-corrected chi connectivity index (χ3v) is 6.47. The molecule has 4 atom stereocenters. The summed E-state index contributed by atoms with van der Waals surface area (Å²) in [5.41, 5.74) is 13.7. The van der Waals surface area contributed by atoms with Crippen molar-refractivity contribution in [3.8, 4) is 11.3 Å². The van der Waals surface area contributed by atoms with E-state index in [0.29, 0.717) is 35.2 Å². The summed E-state index contributed by atoms with van der Waals surface area (Å²) in [6, 6.07) is 7.54. The number of rotatable bonds is 6. The second-order valence-corrected chi connectivity index (χ2v) is 9.14. The molecule has 2 aromatic carbocycles. The molecule has 1 heterocycles. The van der Waals surface area contributed by atoms with E-state index in [1.807, 2.05) is 0 Å². The molecule has 0 saturated heterocycles. The Morgan fingerprint density at radius 1 is 1.22 bits per heavy atom. The van der Waals surface area contributed by atoms with Crippen molar-refractivity contribution in [3.05, 3.63) is 76.6 Å². The summed E-state index contributed by atoms with van der Waals surface area (Å²) >= 11 is 0. The minimum absolute atomic E-state index is 0.00875. The van der Waals surface area contributed by atoms with E-state index in [1.54, 1.807) is 13.0 Å². The Morgan fingerprint density at radius 2 is 2.00 bits per heavy atom. The molecule has 3 aromatic rings. The summed E-state index contributed by atoms with van der Waals surface area (Å²) < 4.78 is 42.9. The Balaban J connectivity index is 1.56. The number of aliphatic hydroxyl groups excluding tert-OH is 1. The highest BCUT2D eigenvalue weighted by Crippen LogP contribution is 2.35. The van der Waals surface area contributed by atoms with Gasteiger partial charge in [-0.05, 0) is 61.6 Å². The zero-order valence-corrected chi connectivity index (χ0v) is 19.7. The average molecular weight is 500 g/mol. The summed E-state index contributed by atoms with van der Waals surface area (Å²) in [5, 5.41) is 12.3. The van der Waals surface area contributed by atoms with Gasteiger partial charge in [0.1, 0.15) is 29.3 Å². The van der Waals surface area contributed by atoms with Crippen LogP contribution in [0.5, 0.6) is 0 Å². The molecule has 0 bridgehead atoms. The molecule has 1 saturated carbocycles. The number of benzene rings is 2. The third-order valence-electron chi connectivity index (χ3n) is 6.47. The van der Waals surface area contributed by atoms with Crippen LogP contribution in [0.4, 0.5) is 19.0 Å². The van der Waals surface area contributed by atoms with Crippen molar-refractivity contribution < 1.29 is 23.1 Å². The van der Waals surface area contributed by atoms with Crippen molar-refractivity contribution in [2.75, 3.05) is 12.3 Å². The number of nitrogens with one attached hydrogen (secondary N) is 1. The molecule has 1 aromatic heterocycles. The van der Waals surface area contributed by atoms with E-state index in [2.05, 4.69) is 15.3 Å². The van der Waals surface area contributed by atoms with E-state index in [0.717, 1.165) is 6.07 Å². The highest BCUT2D eigenvalue weighted by molar-refractivity contribution is 5.95. The highest BCUT2D eigenvalue weighted by atomic mass is 19.1. The predicted molar refractivity (Wildman–Crippen MR) is 130 cm³/mol. The zero-order chi connectivity index (χ0) is 26.0. The number of alkyl halides is 1. The molecule has 1 aliphatic rings. The molecule has 10 heteroatoms. The fourth-order valence-electron chi connectivity index (χ4n) is 4.52. The van der Waals surface area contributed by atoms with E-state index in [-0.39, 0.29) is 36.0 Å². The molecule has 0 aliphatic heterocycles. The van der Waals surface area contributed by atoms with E-state index in [9.17, 15) is 18.7 Å². The Morgan fingerprint density at radius 3 is 2.67 bits per heavy atom. The first-order valence-corrected chi connectivity index (χ1v) is 11.7. The molecule has 4 rings (SSSR count). The van der Waals surface area contributed by atoms with Gasteiger partial charge in [0.25, 0.3) is 5.91 Å². The fourth-order valence-corrected chi connectivity index (χ4v) is 4.52. The second-order valence-electron chi connectivity index (χ2n) is 9.14. The fraction of sp³-hybridized carbons (Fsp3) is 0.346. The number of aliphatic hydroxyl groups is 1. The molecule has 1 amide bonds. The van der Waals surface area contributed by atoms with Crippen molar-refractivity contribution >= 4 is 11.7 Å². The first-order chi connectivity index (χ1) is 17.2. The van der Waals surface area contributed by atoms with Crippen LogP contribution in [0.2, 0.25) is 0 Å². The summed E-state index contributed by atoms with van der Waals surface area (Å²) in [6.07, 6.45) is 0.0900. The zero-order valence-electron chi connectivity index (χ0n) is 19.7. The standard InChI is InChI=1S/C26H28F3N5O2/c1-13-6-16(8-17(27)7-13)21(11-30)34-26(36)18-4-2-15(10-19(18)28)24-25(31)32-12-22(33-24)14-3-5-23(35)20(29)9-14/h2,4,6-8,10,12,14,20-21,23,35H,3,5,9,11,30H2,1H3,(H2,31,32)(H,34,36)/t14-,20-,21-,23-/m1/s1. The van der Waals surface area contributed by atoms with Gasteiger partial charge in [0, 0.05) is 18.0 Å². The number of carbonyl (C=O) groups is 1. The second kappa shape index (κ2) is 10.6. The first-order valence-electron chi connectivity index (χ1n) is 11.7.